The summed E-state index contributed by atoms with van der Waals surface area (Å²) in [4.78, 5) is 3.30. The zero-order chi connectivity index (χ0) is 10.7. The van der Waals surface area contributed by atoms with Crippen molar-refractivity contribution in [2.45, 2.75) is 12.8 Å². The van der Waals surface area contributed by atoms with Crippen LogP contribution in [0.1, 0.15) is 17.6 Å². The number of hydrogen-bond acceptors (Lipinski definition) is 2. The molecule has 0 spiro atoms. The van der Waals surface area contributed by atoms with E-state index in [1.807, 2.05) is 0 Å². The Balaban J connectivity index is 3.21. The fourth-order valence-electron chi connectivity index (χ4n) is 0.892. The fourth-order valence-corrected chi connectivity index (χ4v) is 1.45. The number of halogens is 4. The molecule has 0 aliphatic rings. The standard InChI is InChI=1S/C8H4F3IN2/c9-6(10)5-3-4(1-2-13)8(12)14-7(5)11/h3,6H,1H2. The van der Waals surface area contributed by atoms with Crippen LogP contribution in [0, 0.1) is 21.0 Å². The molecule has 0 unspecified atom stereocenters. The van der Waals surface area contributed by atoms with Gasteiger partial charge < -0.3 is 0 Å². The van der Waals surface area contributed by atoms with Crippen molar-refractivity contribution in [2.75, 3.05) is 0 Å². The van der Waals surface area contributed by atoms with Crippen molar-refractivity contribution in [1.82, 2.24) is 4.98 Å². The topological polar surface area (TPSA) is 36.7 Å². The van der Waals surface area contributed by atoms with Crippen LogP contribution >= 0.6 is 22.6 Å². The summed E-state index contributed by atoms with van der Waals surface area (Å²) in [6, 6.07) is 2.78. The molecule has 74 valence electrons. The molecule has 1 aromatic rings. The zero-order valence-corrected chi connectivity index (χ0v) is 8.93. The van der Waals surface area contributed by atoms with Gasteiger partial charge in [-0.3, -0.25) is 0 Å². The quantitative estimate of drug-likeness (QED) is 0.622. The van der Waals surface area contributed by atoms with Gasteiger partial charge in [0.2, 0.25) is 5.95 Å². The molecule has 1 heterocycles. The van der Waals surface area contributed by atoms with E-state index in [2.05, 4.69) is 4.98 Å². The summed E-state index contributed by atoms with van der Waals surface area (Å²) in [5.41, 5.74) is -0.430. The molecule has 1 rings (SSSR count). The molecule has 0 saturated carbocycles. The van der Waals surface area contributed by atoms with E-state index in [9.17, 15) is 13.2 Å². The molecule has 0 saturated heterocycles. The first-order valence-corrected chi connectivity index (χ1v) is 4.64. The number of rotatable bonds is 2. The lowest BCUT2D eigenvalue weighted by molar-refractivity contribution is 0.145. The van der Waals surface area contributed by atoms with Crippen LogP contribution in [0.3, 0.4) is 0 Å². The van der Waals surface area contributed by atoms with E-state index in [0.717, 1.165) is 6.07 Å². The van der Waals surface area contributed by atoms with Gasteiger partial charge in [-0.15, -0.1) is 0 Å². The number of pyridine rings is 1. The van der Waals surface area contributed by atoms with Gasteiger partial charge in [-0.05, 0) is 34.2 Å². The molecule has 0 radical (unpaired) electrons. The van der Waals surface area contributed by atoms with Crippen LogP contribution in [-0.4, -0.2) is 4.98 Å². The highest BCUT2D eigenvalue weighted by Gasteiger charge is 2.17. The minimum Gasteiger partial charge on any atom is -0.213 e. The molecule has 0 aliphatic carbocycles. The van der Waals surface area contributed by atoms with Gasteiger partial charge in [0.05, 0.1) is 18.1 Å². The highest BCUT2D eigenvalue weighted by Crippen LogP contribution is 2.24. The Morgan fingerprint density at radius 3 is 2.71 bits per heavy atom. The van der Waals surface area contributed by atoms with Gasteiger partial charge in [0.15, 0.2) is 0 Å². The van der Waals surface area contributed by atoms with E-state index in [1.165, 1.54) is 0 Å². The van der Waals surface area contributed by atoms with E-state index >= 15 is 0 Å². The predicted octanol–water partition coefficient (Wildman–Crippen LogP) is 2.83. The van der Waals surface area contributed by atoms with Gasteiger partial charge in [0.1, 0.15) is 3.70 Å². The molecule has 1 aromatic heterocycles. The Kier molecular flexibility index (Phi) is 3.69. The van der Waals surface area contributed by atoms with Crippen molar-refractivity contribution in [3.63, 3.8) is 0 Å². The van der Waals surface area contributed by atoms with E-state index in [0.29, 0.717) is 5.56 Å². The molecule has 0 N–H and O–H groups in total. The smallest absolute Gasteiger partial charge is 0.213 e. The van der Waals surface area contributed by atoms with Crippen LogP contribution in [0.4, 0.5) is 13.2 Å². The van der Waals surface area contributed by atoms with Crippen molar-refractivity contribution in [1.29, 1.82) is 5.26 Å². The fraction of sp³-hybridized carbons (Fsp3) is 0.250. The SMILES string of the molecule is N#CCc1cc(C(F)F)c(F)nc1I. The molecule has 6 heteroatoms. The predicted molar refractivity (Wildman–Crippen MR) is 51.2 cm³/mol. The van der Waals surface area contributed by atoms with E-state index < -0.39 is 17.9 Å². The second-order valence-corrected chi connectivity index (χ2v) is 3.48. The number of aromatic nitrogens is 1. The minimum atomic E-state index is -2.91. The maximum atomic E-state index is 12.8. The van der Waals surface area contributed by atoms with Gasteiger partial charge >= 0.3 is 0 Å². The molecular formula is C8H4F3IN2. The summed E-state index contributed by atoms with van der Waals surface area (Å²) in [6.07, 6.45) is -2.96. The van der Waals surface area contributed by atoms with E-state index in [4.69, 9.17) is 5.26 Å². The molecule has 0 aliphatic heterocycles. The van der Waals surface area contributed by atoms with Gasteiger partial charge in [-0.1, -0.05) is 0 Å². The Labute approximate surface area is 91.9 Å². The Bertz CT molecular complexity index is 387. The van der Waals surface area contributed by atoms with Gasteiger partial charge in [-0.2, -0.15) is 9.65 Å². The van der Waals surface area contributed by atoms with Gasteiger partial charge in [0.25, 0.3) is 6.43 Å². The first kappa shape index (κ1) is 11.2. The third-order valence-corrected chi connectivity index (χ3v) is 2.47. The van der Waals surface area contributed by atoms with E-state index in [-0.39, 0.29) is 10.1 Å². The van der Waals surface area contributed by atoms with Crippen LogP contribution < -0.4 is 0 Å². The molecule has 0 fully saturated rings. The summed E-state index contributed by atoms with van der Waals surface area (Å²) in [5, 5.41) is 8.38. The molecule has 2 nitrogen and oxygen atoms in total. The lowest BCUT2D eigenvalue weighted by Crippen LogP contribution is -2.01. The first-order valence-electron chi connectivity index (χ1n) is 3.56. The average molecular weight is 312 g/mol. The van der Waals surface area contributed by atoms with Crippen LogP contribution in [0.2, 0.25) is 0 Å². The highest BCUT2D eigenvalue weighted by atomic mass is 127. The second-order valence-electron chi connectivity index (χ2n) is 2.45. The van der Waals surface area contributed by atoms with Crippen molar-refractivity contribution in [2.24, 2.45) is 0 Å². The van der Waals surface area contributed by atoms with Crippen molar-refractivity contribution in [3.8, 4) is 6.07 Å². The molecule has 0 bridgehead atoms. The third-order valence-electron chi connectivity index (χ3n) is 1.53. The number of nitrogens with zero attached hydrogens (tertiary/aromatic N) is 2. The van der Waals surface area contributed by atoms with Crippen molar-refractivity contribution >= 4 is 22.6 Å². The van der Waals surface area contributed by atoms with Crippen LogP contribution in [-0.2, 0) is 6.42 Å². The molecule has 0 aromatic carbocycles. The summed E-state index contributed by atoms with van der Waals surface area (Å²) < 4.78 is 37.5. The molecule has 14 heavy (non-hydrogen) atoms. The lowest BCUT2D eigenvalue weighted by Gasteiger charge is -2.04. The van der Waals surface area contributed by atoms with Crippen molar-refractivity contribution < 1.29 is 13.2 Å². The van der Waals surface area contributed by atoms with Gasteiger partial charge in [-0.25, -0.2) is 13.8 Å². The summed E-state index contributed by atoms with van der Waals surface area (Å²) in [6.45, 7) is 0. The highest BCUT2D eigenvalue weighted by molar-refractivity contribution is 14.1. The minimum absolute atomic E-state index is 0.0503. The summed E-state index contributed by atoms with van der Waals surface area (Å²) in [5.74, 6) is -1.17. The first-order chi connectivity index (χ1) is 6.56. The molecular weight excluding hydrogens is 308 g/mol. The Morgan fingerprint density at radius 1 is 1.57 bits per heavy atom. The zero-order valence-electron chi connectivity index (χ0n) is 6.77. The van der Waals surface area contributed by atoms with Crippen LogP contribution in [0.5, 0.6) is 0 Å². The molecule has 0 amide bonds. The Morgan fingerprint density at radius 2 is 2.21 bits per heavy atom. The monoisotopic (exact) mass is 312 g/mol. The summed E-state index contributed by atoms with van der Waals surface area (Å²) >= 11 is 1.70. The van der Waals surface area contributed by atoms with Crippen molar-refractivity contribution in [3.05, 3.63) is 26.8 Å². The lowest BCUT2D eigenvalue weighted by atomic mass is 10.1. The van der Waals surface area contributed by atoms with Crippen LogP contribution in [0.25, 0.3) is 0 Å². The maximum Gasteiger partial charge on any atom is 0.268 e. The maximum absolute atomic E-state index is 12.8. The third kappa shape index (κ3) is 2.35. The Hall–Kier alpha value is -0.840. The van der Waals surface area contributed by atoms with E-state index in [1.54, 1.807) is 28.7 Å². The molecule has 0 atom stereocenters. The number of alkyl halides is 2. The second kappa shape index (κ2) is 4.59. The number of nitriles is 1. The van der Waals surface area contributed by atoms with Crippen LogP contribution in [0.15, 0.2) is 6.07 Å². The van der Waals surface area contributed by atoms with Gasteiger partial charge in [0, 0.05) is 0 Å². The number of hydrogen-bond donors (Lipinski definition) is 0. The normalized spacial score (nSPS) is 10.3. The summed E-state index contributed by atoms with van der Waals surface area (Å²) in [7, 11) is 0. The average Bonchev–Trinajstić information content (AvgIpc) is 2.09. The largest absolute Gasteiger partial charge is 0.268 e.